The van der Waals surface area contributed by atoms with Crippen molar-refractivity contribution in [3.05, 3.63) is 6.33 Å². The van der Waals surface area contributed by atoms with E-state index >= 15 is 0 Å². The van der Waals surface area contributed by atoms with Gasteiger partial charge < -0.3 is 14.6 Å². The largest absolute Gasteiger partial charge is 0.463 e. The van der Waals surface area contributed by atoms with Crippen molar-refractivity contribution in [1.82, 2.24) is 19.5 Å². The van der Waals surface area contributed by atoms with Crippen LogP contribution in [0.25, 0.3) is 11.2 Å². The van der Waals surface area contributed by atoms with Crippen LogP contribution in [0.3, 0.4) is 0 Å². The third-order valence-corrected chi connectivity index (χ3v) is 3.59. The van der Waals surface area contributed by atoms with Crippen molar-refractivity contribution in [2.45, 2.75) is 32.5 Å². The van der Waals surface area contributed by atoms with Gasteiger partial charge in [0.05, 0.1) is 18.3 Å². The fourth-order valence-electron chi connectivity index (χ4n) is 1.81. The third kappa shape index (κ3) is 3.49. The van der Waals surface area contributed by atoms with E-state index in [1.807, 2.05) is 31.6 Å². The van der Waals surface area contributed by atoms with Gasteiger partial charge in [-0.3, -0.25) is 4.79 Å². The van der Waals surface area contributed by atoms with E-state index in [2.05, 4.69) is 20.3 Å². The first kappa shape index (κ1) is 16.5. The fraction of sp³-hybridized carbons (Fsp3) is 0.571. The number of thioether (sulfide) groups is 1. The van der Waals surface area contributed by atoms with Crippen LogP contribution in [-0.4, -0.2) is 45.4 Å². The van der Waals surface area contributed by atoms with E-state index in [9.17, 15) is 4.79 Å². The summed E-state index contributed by atoms with van der Waals surface area (Å²) in [6.07, 6.45) is 3.61. The molecule has 2 aromatic rings. The second-order valence-electron chi connectivity index (χ2n) is 5.81. The summed E-state index contributed by atoms with van der Waals surface area (Å²) in [5.41, 5.74) is 0.947. The maximum absolute atomic E-state index is 11.8. The summed E-state index contributed by atoms with van der Waals surface area (Å²) in [5, 5.41) is 3.70. The SMILES string of the molecule is CNc1nc(SC)nc2c1ncn2CCOC(=O)C(C)(C)C. The summed E-state index contributed by atoms with van der Waals surface area (Å²) in [4.78, 5) is 25.0. The Morgan fingerprint density at radius 3 is 2.73 bits per heavy atom. The maximum Gasteiger partial charge on any atom is 0.311 e. The van der Waals surface area contributed by atoms with Gasteiger partial charge in [-0.2, -0.15) is 0 Å². The Morgan fingerprint density at radius 1 is 1.41 bits per heavy atom. The van der Waals surface area contributed by atoms with Crippen LogP contribution in [0.4, 0.5) is 5.82 Å². The number of nitrogens with one attached hydrogen (secondary N) is 1. The third-order valence-electron chi connectivity index (χ3n) is 3.04. The molecule has 0 aliphatic rings. The molecule has 2 rings (SSSR count). The van der Waals surface area contributed by atoms with Gasteiger partial charge in [0, 0.05) is 7.05 Å². The zero-order valence-corrected chi connectivity index (χ0v) is 14.3. The molecular formula is C14H21N5O2S. The van der Waals surface area contributed by atoms with Crippen LogP contribution in [0.2, 0.25) is 0 Å². The summed E-state index contributed by atoms with van der Waals surface area (Å²) in [5.74, 6) is 0.479. The molecule has 0 saturated carbocycles. The molecule has 22 heavy (non-hydrogen) atoms. The number of carbonyl (C=O) groups is 1. The Kier molecular flexibility index (Phi) is 4.90. The molecule has 0 aromatic carbocycles. The predicted octanol–water partition coefficient (Wildman–Crippen LogP) is 2.18. The summed E-state index contributed by atoms with van der Waals surface area (Å²) in [6, 6.07) is 0. The first-order chi connectivity index (χ1) is 10.4. The second kappa shape index (κ2) is 6.51. The number of hydrogen-bond donors (Lipinski definition) is 1. The van der Waals surface area contributed by atoms with Crippen molar-refractivity contribution in [3.63, 3.8) is 0 Å². The molecule has 2 aromatic heterocycles. The molecule has 1 N–H and O–H groups in total. The number of fused-ring (bicyclic) bond motifs is 1. The zero-order valence-electron chi connectivity index (χ0n) is 13.5. The van der Waals surface area contributed by atoms with E-state index in [1.54, 1.807) is 13.4 Å². The lowest BCUT2D eigenvalue weighted by atomic mass is 9.97. The van der Waals surface area contributed by atoms with E-state index in [-0.39, 0.29) is 12.6 Å². The number of hydrogen-bond acceptors (Lipinski definition) is 7. The minimum Gasteiger partial charge on any atom is -0.463 e. The van der Waals surface area contributed by atoms with Crippen LogP contribution in [-0.2, 0) is 16.1 Å². The van der Waals surface area contributed by atoms with Gasteiger partial charge >= 0.3 is 5.97 Å². The molecule has 7 nitrogen and oxygen atoms in total. The first-order valence-electron chi connectivity index (χ1n) is 6.98. The standard InChI is InChI=1S/C14H21N5O2S/c1-14(2,3)12(20)21-7-6-19-8-16-9-10(15-4)17-13(22-5)18-11(9)19/h8H,6-7H2,1-5H3,(H,15,17,18). The number of nitrogens with zero attached hydrogens (tertiary/aromatic N) is 4. The Balaban J connectivity index is 2.17. The van der Waals surface area contributed by atoms with Crippen molar-refractivity contribution >= 4 is 34.7 Å². The van der Waals surface area contributed by atoms with E-state index < -0.39 is 5.41 Å². The van der Waals surface area contributed by atoms with Crippen molar-refractivity contribution in [3.8, 4) is 0 Å². The minimum atomic E-state index is -0.496. The highest BCUT2D eigenvalue weighted by atomic mass is 32.2. The Morgan fingerprint density at radius 2 is 2.14 bits per heavy atom. The van der Waals surface area contributed by atoms with E-state index in [0.29, 0.717) is 23.0 Å². The highest BCUT2D eigenvalue weighted by Crippen LogP contribution is 2.22. The molecule has 0 aliphatic carbocycles. The molecule has 0 aliphatic heterocycles. The Labute approximate surface area is 133 Å². The van der Waals surface area contributed by atoms with Crippen LogP contribution < -0.4 is 5.32 Å². The van der Waals surface area contributed by atoms with Crippen LogP contribution in [0.1, 0.15) is 20.8 Å². The lowest BCUT2D eigenvalue weighted by Gasteiger charge is -2.16. The molecule has 120 valence electrons. The van der Waals surface area contributed by atoms with Gasteiger partial charge in [-0.25, -0.2) is 15.0 Å². The first-order valence-corrected chi connectivity index (χ1v) is 8.21. The van der Waals surface area contributed by atoms with Gasteiger partial charge in [0.15, 0.2) is 16.6 Å². The topological polar surface area (TPSA) is 81.9 Å². The maximum atomic E-state index is 11.8. The smallest absolute Gasteiger partial charge is 0.311 e. The van der Waals surface area contributed by atoms with Crippen LogP contribution >= 0.6 is 11.8 Å². The average molecular weight is 323 g/mol. The molecule has 2 heterocycles. The molecule has 0 amide bonds. The molecule has 0 bridgehead atoms. The van der Waals surface area contributed by atoms with Gasteiger partial charge in [0.2, 0.25) is 0 Å². The van der Waals surface area contributed by atoms with Crippen molar-refractivity contribution in [2.24, 2.45) is 5.41 Å². The number of imidazole rings is 1. The number of ether oxygens (including phenoxy) is 1. The number of aromatic nitrogens is 4. The Hall–Kier alpha value is -1.83. The molecule has 0 fully saturated rings. The van der Waals surface area contributed by atoms with Crippen molar-refractivity contribution < 1.29 is 9.53 Å². The lowest BCUT2D eigenvalue weighted by Crippen LogP contribution is -2.24. The number of esters is 1. The monoisotopic (exact) mass is 323 g/mol. The number of anilines is 1. The molecule has 0 radical (unpaired) electrons. The van der Waals surface area contributed by atoms with Gasteiger partial charge in [-0.1, -0.05) is 11.8 Å². The number of carbonyl (C=O) groups excluding carboxylic acids is 1. The van der Waals surface area contributed by atoms with Gasteiger partial charge in [0.1, 0.15) is 12.1 Å². The molecular weight excluding hydrogens is 302 g/mol. The second-order valence-corrected chi connectivity index (χ2v) is 6.58. The van der Waals surface area contributed by atoms with E-state index in [0.717, 1.165) is 5.65 Å². The highest BCUT2D eigenvalue weighted by Gasteiger charge is 2.23. The Bertz CT molecular complexity index is 678. The quantitative estimate of drug-likeness (QED) is 0.513. The summed E-state index contributed by atoms with van der Waals surface area (Å²) in [7, 11) is 1.80. The van der Waals surface area contributed by atoms with Gasteiger partial charge in [-0.15, -0.1) is 0 Å². The van der Waals surface area contributed by atoms with Gasteiger partial charge in [-0.05, 0) is 27.0 Å². The average Bonchev–Trinajstić information content (AvgIpc) is 2.88. The number of rotatable bonds is 5. The summed E-state index contributed by atoms with van der Waals surface area (Å²) >= 11 is 1.47. The van der Waals surface area contributed by atoms with Gasteiger partial charge in [0.25, 0.3) is 0 Å². The highest BCUT2D eigenvalue weighted by molar-refractivity contribution is 7.98. The van der Waals surface area contributed by atoms with Crippen molar-refractivity contribution in [2.75, 3.05) is 25.2 Å². The van der Waals surface area contributed by atoms with Crippen LogP contribution in [0.5, 0.6) is 0 Å². The molecule has 0 unspecified atom stereocenters. The van der Waals surface area contributed by atoms with Crippen LogP contribution in [0.15, 0.2) is 11.5 Å². The van der Waals surface area contributed by atoms with E-state index in [1.165, 1.54) is 11.8 Å². The summed E-state index contributed by atoms with van der Waals surface area (Å²) < 4.78 is 7.16. The molecule has 8 heteroatoms. The van der Waals surface area contributed by atoms with Crippen molar-refractivity contribution in [1.29, 1.82) is 0 Å². The zero-order chi connectivity index (χ0) is 16.3. The molecule has 0 spiro atoms. The fourth-order valence-corrected chi connectivity index (χ4v) is 2.17. The molecule has 0 atom stereocenters. The van der Waals surface area contributed by atoms with Crippen LogP contribution in [0, 0.1) is 5.41 Å². The summed E-state index contributed by atoms with van der Waals surface area (Å²) in [6.45, 7) is 6.29. The van der Waals surface area contributed by atoms with E-state index in [4.69, 9.17) is 4.74 Å². The predicted molar refractivity (Wildman–Crippen MR) is 87.1 cm³/mol. The lowest BCUT2D eigenvalue weighted by molar-refractivity contribution is -0.153. The minimum absolute atomic E-state index is 0.215. The molecule has 0 saturated heterocycles. The normalized spacial score (nSPS) is 11.7.